The van der Waals surface area contributed by atoms with E-state index in [2.05, 4.69) is 27.3 Å². The van der Waals surface area contributed by atoms with Gasteiger partial charge in [-0.25, -0.2) is 0 Å². The maximum atomic E-state index is 10.3. The smallest absolute Gasteiger partial charge is 0.303 e. The van der Waals surface area contributed by atoms with Gasteiger partial charge in [-0.15, -0.1) is 0 Å². The molecule has 1 rings (SSSR count). The van der Waals surface area contributed by atoms with E-state index in [0.717, 1.165) is 36.8 Å². The van der Waals surface area contributed by atoms with Crippen molar-refractivity contribution in [2.75, 3.05) is 6.54 Å². The minimum Gasteiger partial charge on any atom is -0.481 e. The van der Waals surface area contributed by atoms with Gasteiger partial charge in [-0.1, -0.05) is 40.5 Å². The lowest BCUT2D eigenvalue weighted by Gasteiger charge is -2.06. The predicted octanol–water partition coefficient (Wildman–Crippen LogP) is 3.18. The lowest BCUT2D eigenvalue weighted by atomic mass is 10.2. The van der Waals surface area contributed by atoms with Crippen LogP contribution in [0, 0.1) is 0 Å². The van der Waals surface area contributed by atoms with Crippen LogP contribution in [0.5, 0.6) is 0 Å². The zero-order valence-corrected chi connectivity index (χ0v) is 11.4. The number of carbonyl (C=O) groups is 1. The minimum absolute atomic E-state index is 0.282. The van der Waals surface area contributed by atoms with Crippen LogP contribution in [0.15, 0.2) is 28.7 Å². The maximum Gasteiger partial charge on any atom is 0.303 e. The molecule has 1 aromatic carbocycles. The van der Waals surface area contributed by atoms with Gasteiger partial charge in [0, 0.05) is 17.4 Å². The summed E-state index contributed by atoms with van der Waals surface area (Å²) in [5.74, 6) is -0.703. The Morgan fingerprint density at radius 2 is 2.00 bits per heavy atom. The molecule has 0 bridgehead atoms. The number of hydrogen-bond acceptors (Lipinski definition) is 2. The van der Waals surface area contributed by atoms with Gasteiger partial charge in [-0.05, 0) is 31.0 Å². The van der Waals surface area contributed by atoms with E-state index in [1.54, 1.807) is 0 Å². The number of benzene rings is 1. The molecule has 0 aromatic heterocycles. The summed E-state index contributed by atoms with van der Waals surface area (Å²) in [5, 5.41) is 11.8. The highest BCUT2D eigenvalue weighted by Crippen LogP contribution is 2.15. The predicted molar refractivity (Wildman–Crippen MR) is 72.0 cm³/mol. The molecule has 94 valence electrons. The quantitative estimate of drug-likeness (QED) is 0.725. The molecular formula is C13H18BrNO2. The van der Waals surface area contributed by atoms with Crippen molar-refractivity contribution in [3.05, 3.63) is 34.3 Å². The minimum atomic E-state index is -0.703. The average molecular weight is 300 g/mol. The van der Waals surface area contributed by atoms with E-state index in [1.165, 1.54) is 5.56 Å². The Hall–Kier alpha value is -0.870. The summed E-state index contributed by atoms with van der Waals surface area (Å²) in [5.41, 5.74) is 1.25. The highest BCUT2D eigenvalue weighted by atomic mass is 79.9. The Labute approximate surface area is 110 Å². The summed E-state index contributed by atoms with van der Waals surface area (Å²) >= 11 is 3.50. The molecule has 3 nitrogen and oxygen atoms in total. The fourth-order valence-electron chi connectivity index (χ4n) is 1.57. The second-order valence-corrected chi connectivity index (χ2v) is 4.83. The second kappa shape index (κ2) is 8.25. The third kappa shape index (κ3) is 6.44. The van der Waals surface area contributed by atoms with E-state index < -0.39 is 5.97 Å². The van der Waals surface area contributed by atoms with Crippen LogP contribution in [-0.4, -0.2) is 17.6 Å². The zero-order valence-electron chi connectivity index (χ0n) is 9.79. The third-order valence-corrected chi connectivity index (χ3v) is 3.29. The number of hydrogen-bond donors (Lipinski definition) is 2. The maximum absolute atomic E-state index is 10.3. The first-order valence-electron chi connectivity index (χ1n) is 5.86. The zero-order chi connectivity index (χ0) is 12.5. The molecule has 0 unspecified atom stereocenters. The standard InChI is InChI=1S/C13H18BrNO2/c14-12-7-4-3-6-11(12)10-15-9-5-1-2-8-13(16)17/h3-4,6-7,15H,1-2,5,8-10H2,(H,16,17). The Bertz CT molecular complexity index is 355. The molecule has 0 atom stereocenters. The number of nitrogens with one attached hydrogen (secondary N) is 1. The molecule has 17 heavy (non-hydrogen) atoms. The molecule has 0 radical (unpaired) electrons. The lowest BCUT2D eigenvalue weighted by Crippen LogP contribution is -2.15. The van der Waals surface area contributed by atoms with Crippen LogP contribution in [0.4, 0.5) is 0 Å². The summed E-state index contributed by atoms with van der Waals surface area (Å²) in [4.78, 5) is 10.3. The van der Waals surface area contributed by atoms with Crippen LogP contribution in [0.3, 0.4) is 0 Å². The van der Waals surface area contributed by atoms with Crippen molar-refractivity contribution < 1.29 is 9.90 Å². The molecule has 0 aliphatic heterocycles. The van der Waals surface area contributed by atoms with Crippen LogP contribution < -0.4 is 5.32 Å². The first kappa shape index (κ1) is 14.2. The molecule has 2 N–H and O–H groups in total. The summed E-state index contributed by atoms with van der Waals surface area (Å²) < 4.78 is 1.12. The van der Waals surface area contributed by atoms with Crippen LogP contribution in [-0.2, 0) is 11.3 Å². The van der Waals surface area contributed by atoms with Crippen LogP contribution in [0.1, 0.15) is 31.2 Å². The molecular weight excluding hydrogens is 282 g/mol. The number of halogens is 1. The van der Waals surface area contributed by atoms with E-state index in [1.807, 2.05) is 18.2 Å². The Morgan fingerprint density at radius 1 is 1.24 bits per heavy atom. The topological polar surface area (TPSA) is 49.3 Å². The van der Waals surface area contributed by atoms with Crippen LogP contribution in [0.25, 0.3) is 0 Å². The van der Waals surface area contributed by atoms with E-state index in [9.17, 15) is 4.79 Å². The largest absolute Gasteiger partial charge is 0.481 e. The van der Waals surface area contributed by atoms with Gasteiger partial charge in [0.15, 0.2) is 0 Å². The molecule has 0 saturated heterocycles. The van der Waals surface area contributed by atoms with Gasteiger partial charge in [-0.2, -0.15) is 0 Å². The third-order valence-electron chi connectivity index (χ3n) is 2.52. The highest BCUT2D eigenvalue weighted by Gasteiger charge is 1.98. The van der Waals surface area contributed by atoms with Gasteiger partial charge >= 0.3 is 5.97 Å². The molecule has 0 fully saturated rings. The van der Waals surface area contributed by atoms with Crippen molar-refractivity contribution >= 4 is 21.9 Å². The van der Waals surface area contributed by atoms with Gasteiger partial charge in [-0.3, -0.25) is 4.79 Å². The van der Waals surface area contributed by atoms with E-state index in [-0.39, 0.29) is 6.42 Å². The first-order chi connectivity index (χ1) is 8.20. The summed E-state index contributed by atoms with van der Waals surface area (Å²) in [6.07, 6.45) is 3.04. The molecule has 0 amide bonds. The number of carboxylic acid groups (broad SMARTS) is 1. The van der Waals surface area contributed by atoms with Crippen molar-refractivity contribution in [1.82, 2.24) is 5.32 Å². The van der Waals surface area contributed by atoms with Crippen molar-refractivity contribution in [1.29, 1.82) is 0 Å². The monoisotopic (exact) mass is 299 g/mol. The molecule has 0 aliphatic carbocycles. The molecule has 0 aliphatic rings. The molecule has 1 aromatic rings. The van der Waals surface area contributed by atoms with Crippen molar-refractivity contribution in [3.63, 3.8) is 0 Å². The van der Waals surface area contributed by atoms with Crippen molar-refractivity contribution in [2.24, 2.45) is 0 Å². The van der Waals surface area contributed by atoms with Gasteiger partial charge < -0.3 is 10.4 Å². The van der Waals surface area contributed by atoms with Gasteiger partial charge in [0.05, 0.1) is 0 Å². The Balaban J connectivity index is 2.05. The molecule has 0 spiro atoms. The lowest BCUT2D eigenvalue weighted by molar-refractivity contribution is -0.137. The number of rotatable bonds is 8. The van der Waals surface area contributed by atoms with Crippen molar-refractivity contribution in [2.45, 2.75) is 32.2 Å². The first-order valence-corrected chi connectivity index (χ1v) is 6.65. The fraction of sp³-hybridized carbons (Fsp3) is 0.462. The van der Waals surface area contributed by atoms with E-state index >= 15 is 0 Å². The SMILES string of the molecule is O=C(O)CCCCCNCc1ccccc1Br. The summed E-state index contributed by atoms with van der Waals surface area (Å²) in [6.45, 7) is 1.78. The fourth-order valence-corrected chi connectivity index (χ4v) is 1.99. The second-order valence-electron chi connectivity index (χ2n) is 3.97. The van der Waals surface area contributed by atoms with E-state index in [4.69, 9.17) is 5.11 Å². The molecule has 4 heteroatoms. The van der Waals surface area contributed by atoms with Crippen molar-refractivity contribution in [3.8, 4) is 0 Å². The Morgan fingerprint density at radius 3 is 2.71 bits per heavy atom. The van der Waals surface area contributed by atoms with E-state index in [0.29, 0.717) is 0 Å². The normalized spacial score (nSPS) is 10.4. The van der Waals surface area contributed by atoms with Gasteiger partial charge in [0.2, 0.25) is 0 Å². The summed E-state index contributed by atoms with van der Waals surface area (Å²) in [6, 6.07) is 8.14. The summed E-state index contributed by atoms with van der Waals surface area (Å²) in [7, 11) is 0. The average Bonchev–Trinajstić information content (AvgIpc) is 2.30. The number of carboxylic acids is 1. The number of aliphatic carboxylic acids is 1. The highest BCUT2D eigenvalue weighted by molar-refractivity contribution is 9.10. The van der Waals surface area contributed by atoms with Gasteiger partial charge in [0.1, 0.15) is 0 Å². The van der Waals surface area contributed by atoms with Gasteiger partial charge in [0.25, 0.3) is 0 Å². The molecule has 0 saturated carbocycles. The van der Waals surface area contributed by atoms with Crippen LogP contribution >= 0.6 is 15.9 Å². The Kier molecular flexibility index (Phi) is 6.89. The molecule has 0 heterocycles. The van der Waals surface area contributed by atoms with Crippen LogP contribution in [0.2, 0.25) is 0 Å². The number of unbranched alkanes of at least 4 members (excludes halogenated alkanes) is 2.